The second-order valence-corrected chi connectivity index (χ2v) is 7.23. The molecule has 4 heteroatoms. The number of hydrogen-bond donors (Lipinski definition) is 2. The SMILES string of the molecule is O=C(O)CCC/C=C\C[C@@H]1[C@@H](CNCc2ccccc2)[C@@H]2CC[C@H]1O2. The molecule has 0 unspecified atom stereocenters. The second kappa shape index (κ2) is 9.16. The predicted molar refractivity (Wildman–Crippen MR) is 98.3 cm³/mol. The van der Waals surface area contributed by atoms with E-state index in [0.29, 0.717) is 24.0 Å². The molecule has 2 N–H and O–H groups in total. The number of fused-ring (bicyclic) bond motifs is 2. The molecule has 0 aromatic heterocycles. The summed E-state index contributed by atoms with van der Waals surface area (Å²) in [5, 5.41) is 12.3. The minimum atomic E-state index is -0.709. The van der Waals surface area contributed by atoms with Crippen molar-refractivity contribution in [2.24, 2.45) is 11.8 Å². The molecule has 2 heterocycles. The molecule has 2 aliphatic rings. The zero-order valence-corrected chi connectivity index (χ0v) is 14.8. The Hall–Kier alpha value is -1.65. The van der Waals surface area contributed by atoms with Gasteiger partial charge >= 0.3 is 5.97 Å². The van der Waals surface area contributed by atoms with Crippen molar-refractivity contribution in [1.82, 2.24) is 5.32 Å². The maximum Gasteiger partial charge on any atom is 0.303 e. The normalized spacial score (nSPS) is 28.0. The van der Waals surface area contributed by atoms with E-state index in [9.17, 15) is 4.79 Å². The lowest BCUT2D eigenvalue weighted by Gasteiger charge is -2.27. The van der Waals surface area contributed by atoms with E-state index in [1.54, 1.807) is 0 Å². The second-order valence-electron chi connectivity index (χ2n) is 7.23. The van der Waals surface area contributed by atoms with Crippen molar-refractivity contribution < 1.29 is 14.6 Å². The molecular formula is C21H29NO3. The molecule has 2 bridgehead atoms. The van der Waals surface area contributed by atoms with Crippen LogP contribution in [0.15, 0.2) is 42.5 Å². The van der Waals surface area contributed by atoms with Crippen LogP contribution in [0.1, 0.15) is 44.1 Å². The van der Waals surface area contributed by atoms with E-state index in [-0.39, 0.29) is 6.42 Å². The van der Waals surface area contributed by atoms with E-state index in [4.69, 9.17) is 9.84 Å². The molecule has 4 nitrogen and oxygen atoms in total. The molecule has 2 fully saturated rings. The minimum absolute atomic E-state index is 0.258. The van der Waals surface area contributed by atoms with Gasteiger partial charge in [0.25, 0.3) is 0 Å². The summed E-state index contributed by atoms with van der Waals surface area (Å²) in [5.74, 6) is 0.475. The molecule has 1 aromatic rings. The smallest absolute Gasteiger partial charge is 0.303 e. The Bertz CT molecular complexity index is 572. The number of rotatable bonds is 10. The van der Waals surface area contributed by atoms with Gasteiger partial charge in [-0.1, -0.05) is 42.5 Å². The molecule has 2 saturated heterocycles. The van der Waals surface area contributed by atoms with Crippen LogP contribution >= 0.6 is 0 Å². The summed E-state index contributed by atoms with van der Waals surface area (Å²) in [6.07, 6.45) is 10.5. The van der Waals surface area contributed by atoms with Crippen LogP contribution in [-0.2, 0) is 16.1 Å². The topological polar surface area (TPSA) is 58.6 Å². The van der Waals surface area contributed by atoms with Crippen LogP contribution in [0.4, 0.5) is 0 Å². The molecule has 4 atom stereocenters. The number of carbonyl (C=O) groups is 1. The zero-order valence-electron chi connectivity index (χ0n) is 14.8. The van der Waals surface area contributed by atoms with Crippen molar-refractivity contribution in [3.8, 4) is 0 Å². The number of nitrogens with one attached hydrogen (secondary N) is 1. The fourth-order valence-electron chi connectivity index (χ4n) is 4.20. The minimum Gasteiger partial charge on any atom is -0.481 e. The summed E-state index contributed by atoms with van der Waals surface area (Å²) in [5.41, 5.74) is 1.32. The standard InChI is InChI=1S/C21H29NO3/c23-21(24)11-7-2-1-6-10-17-18(20-13-12-19(17)25-20)15-22-14-16-8-4-3-5-9-16/h1,3-6,8-9,17-20,22H,2,7,10-15H2,(H,23,24)/b6-1-/t17-,18-,19-,20+/m1/s1. The molecular weight excluding hydrogens is 314 g/mol. The van der Waals surface area contributed by atoms with Crippen molar-refractivity contribution in [2.75, 3.05) is 6.54 Å². The average Bonchev–Trinajstić information content (AvgIpc) is 3.21. The number of hydrogen-bond acceptors (Lipinski definition) is 3. The van der Waals surface area contributed by atoms with Gasteiger partial charge in [-0.2, -0.15) is 0 Å². The first-order valence-corrected chi connectivity index (χ1v) is 9.51. The van der Waals surface area contributed by atoms with E-state index in [2.05, 4.69) is 41.7 Å². The van der Waals surface area contributed by atoms with Gasteiger partial charge in [-0.3, -0.25) is 4.79 Å². The fourth-order valence-corrected chi connectivity index (χ4v) is 4.20. The molecule has 0 saturated carbocycles. The van der Waals surface area contributed by atoms with Gasteiger partial charge in [0.15, 0.2) is 0 Å². The molecule has 2 aliphatic heterocycles. The first-order chi connectivity index (χ1) is 12.2. The van der Waals surface area contributed by atoms with E-state index < -0.39 is 5.97 Å². The number of aliphatic carboxylic acids is 1. The Morgan fingerprint density at radius 2 is 1.92 bits per heavy atom. The molecule has 25 heavy (non-hydrogen) atoms. The maximum absolute atomic E-state index is 10.5. The summed E-state index contributed by atoms with van der Waals surface area (Å²) in [6.45, 7) is 1.92. The van der Waals surface area contributed by atoms with Crippen LogP contribution in [0.2, 0.25) is 0 Å². The highest BCUT2D eigenvalue weighted by Gasteiger charge is 2.47. The summed E-state index contributed by atoms with van der Waals surface area (Å²) in [6, 6.07) is 10.5. The number of benzene rings is 1. The zero-order chi connectivity index (χ0) is 17.5. The van der Waals surface area contributed by atoms with Crippen molar-refractivity contribution >= 4 is 5.97 Å². The van der Waals surface area contributed by atoms with Gasteiger partial charge in [-0.15, -0.1) is 0 Å². The first kappa shape index (κ1) is 18.2. The highest BCUT2D eigenvalue weighted by Crippen LogP contribution is 2.44. The Morgan fingerprint density at radius 1 is 1.16 bits per heavy atom. The summed E-state index contributed by atoms with van der Waals surface area (Å²) in [7, 11) is 0. The largest absolute Gasteiger partial charge is 0.481 e. The number of carboxylic acids is 1. The van der Waals surface area contributed by atoms with Gasteiger partial charge < -0.3 is 15.2 Å². The Kier molecular flexibility index (Phi) is 6.65. The average molecular weight is 343 g/mol. The van der Waals surface area contributed by atoms with Crippen LogP contribution in [-0.4, -0.2) is 29.8 Å². The lowest BCUT2D eigenvalue weighted by atomic mass is 9.77. The number of unbranched alkanes of at least 4 members (excludes halogenated alkanes) is 1. The summed E-state index contributed by atoms with van der Waals surface area (Å²) in [4.78, 5) is 10.5. The number of ether oxygens (including phenoxy) is 1. The van der Waals surface area contributed by atoms with Gasteiger partial charge in [0.1, 0.15) is 0 Å². The summed E-state index contributed by atoms with van der Waals surface area (Å²) < 4.78 is 6.16. The molecule has 136 valence electrons. The van der Waals surface area contributed by atoms with Gasteiger partial charge in [0, 0.05) is 25.4 Å². The molecule has 0 aliphatic carbocycles. The Morgan fingerprint density at radius 3 is 2.68 bits per heavy atom. The predicted octanol–water partition coefficient (Wildman–Crippen LogP) is 3.77. The van der Waals surface area contributed by atoms with Crippen LogP contribution in [0.25, 0.3) is 0 Å². The van der Waals surface area contributed by atoms with Crippen molar-refractivity contribution in [3.05, 3.63) is 48.0 Å². The maximum atomic E-state index is 10.5. The van der Waals surface area contributed by atoms with E-state index in [0.717, 1.165) is 32.4 Å². The Labute approximate surface area is 150 Å². The molecule has 1 aromatic carbocycles. The number of allylic oxidation sites excluding steroid dienone is 2. The van der Waals surface area contributed by atoms with Crippen LogP contribution in [0, 0.1) is 11.8 Å². The van der Waals surface area contributed by atoms with Crippen molar-refractivity contribution in [3.63, 3.8) is 0 Å². The third kappa shape index (κ3) is 5.16. The lowest BCUT2D eigenvalue weighted by molar-refractivity contribution is -0.137. The molecule has 3 rings (SSSR count). The number of carboxylic acid groups (broad SMARTS) is 1. The van der Waals surface area contributed by atoms with Gasteiger partial charge in [-0.05, 0) is 43.6 Å². The molecule has 0 amide bonds. The van der Waals surface area contributed by atoms with Crippen LogP contribution in [0.5, 0.6) is 0 Å². The highest BCUT2D eigenvalue weighted by molar-refractivity contribution is 5.66. The van der Waals surface area contributed by atoms with Gasteiger partial charge in [0.05, 0.1) is 12.2 Å². The third-order valence-electron chi connectivity index (χ3n) is 5.48. The van der Waals surface area contributed by atoms with Crippen LogP contribution < -0.4 is 5.32 Å². The molecule has 0 spiro atoms. The van der Waals surface area contributed by atoms with Crippen molar-refractivity contribution in [2.45, 2.75) is 57.3 Å². The monoisotopic (exact) mass is 343 g/mol. The van der Waals surface area contributed by atoms with E-state index in [1.807, 2.05) is 6.07 Å². The van der Waals surface area contributed by atoms with Crippen LogP contribution in [0.3, 0.4) is 0 Å². The molecule has 0 radical (unpaired) electrons. The quantitative estimate of drug-likeness (QED) is 0.501. The fraction of sp³-hybridized carbons (Fsp3) is 0.571. The lowest BCUT2D eigenvalue weighted by Crippen LogP contribution is -2.35. The van der Waals surface area contributed by atoms with Gasteiger partial charge in [0.2, 0.25) is 0 Å². The van der Waals surface area contributed by atoms with E-state index in [1.165, 1.54) is 18.4 Å². The van der Waals surface area contributed by atoms with Crippen molar-refractivity contribution in [1.29, 1.82) is 0 Å². The summed E-state index contributed by atoms with van der Waals surface area (Å²) >= 11 is 0. The first-order valence-electron chi connectivity index (χ1n) is 9.51. The van der Waals surface area contributed by atoms with Gasteiger partial charge in [-0.25, -0.2) is 0 Å². The Balaban J connectivity index is 1.43. The highest BCUT2D eigenvalue weighted by atomic mass is 16.5. The van der Waals surface area contributed by atoms with E-state index >= 15 is 0 Å². The third-order valence-corrected chi connectivity index (χ3v) is 5.48.